The van der Waals surface area contributed by atoms with Crippen molar-refractivity contribution in [1.82, 2.24) is 5.32 Å². The highest BCUT2D eigenvalue weighted by Gasteiger charge is 2.15. The summed E-state index contributed by atoms with van der Waals surface area (Å²) < 4.78 is 33.6. The van der Waals surface area contributed by atoms with Gasteiger partial charge in [0.05, 0.1) is 18.4 Å². The number of carbonyl (C=O) groups excluding carboxylic acids is 2. The molecule has 0 aliphatic rings. The molecule has 0 heterocycles. The Labute approximate surface area is 120 Å². The first-order chi connectivity index (χ1) is 9.97. The van der Waals surface area contributed by atoms with E-state index in [1.165, 1.54) is 19.2 Å². The predicted octanol–water partition coefficient (Wildman–Crippen LogP) is 1.62. The van der Waals surface area contributed by atoms with Gasteiger partial charge in [-0.1, -0.05) is 0 Å². The number of benzene rings is 1. The molecule has 1 aromatic carbocycles. The molecule has 0 aromatic heterocycles. The summed E-state index contributed by atoms with van der Waals surface area (Å²) >= 11 is 0. The van der Waals surface area contributed by atoms with Crippen molar-refractivity contribution < 1.29 is 27.8 Å². The van der Waals surface area contributed by atoms with Crippen molar-refractivity contribution in [2.24, 2.45) is 0 Å². The second-order valence-electron chi connectivity index (χ2n) is 3.98. The van der Waals surface area contributed by atoms with E-state index in [0.29, 0.717) is 6.54 Å². The van der Waals surface area contributed by atoms with Crippen LogP contribution in [0, 0.1) is 0 Å². The van der Waals surface area contributed by atoms with E-state index in [2.05, 4.69) is 20.1 Å². The van der Waals surface area contributed by atoms with Crippen molar-refractivity contribution in [2.45, 2.75) is 13.0 Å². The lowest BCUT2D eigenvalue weighted by atomic mass is 10.2. The van der Waals surface area contributed by atoms with Crippen LogP contribution in [0.15, 0.2) is 18.2 Å². The maximum atomic E-state index is 12.4. The molecular weight excluding hydrogens is 286 g/mol. The first-order valence-corrected chi connectivity index (χ1v) is 6.09. The Bertz CT molecular complexity index is 509. The second-order valence-corrected chi connectivity index (χ2v) is 3.98. The molecule has 2 N–H and O–H groups in total. The van der Waals surface area contributed by atoms with Gasteiger partial charge in [0.1, 0.15) is 5.75 Å². The van der Waals surface area contributed by atoms with E-state index in [0.717, 1.165) is 6.07 Å². The number of hydrogen-bond donors (Lipinski definition) is 2. The van der Waals surface area contributed by atoms with Gasteiger partial charge in [-0.05, 0) is 25.2 Å². The van der Waals surface area contributed by atoms with Gasteiger partial charge >= 0.3 is 12.6 Å². The van der Waals surface area contributed by atoms with Gasteiger partial charge in [-0.3, -0.25) is 4.79 Å². The zero-order valence-corrected chi connectivity index (χ0v) is 11.6. The number of carbonyl (C=O) groups is 2. The summed E-state index contributed by atoms with van der Waals surface area (Å²) in [5.41, 5.74) is 0.102. The minimum absolute atomic E-state index is 0.0429. The summed E-state index contributed by atoms with van der Waals surface area (Å²) in [4.78, 5) is 23.0. The minimum Gasteiger partial charge on any atom is -0.465 e. The van der Waals surface area contributed by atoms with Crippen molar-refractivity contribution >= 4 is 17.6 Å². The maximum absolute atomic E-state index is 12.4. The van der Waals surface area contributed by atoms with E-state index in [9.17, 15) is 18.4 Å². The van der Waals surface area contributed by atoms with Crippen LogP contribution in [0.4, 0.5) is 14.5 Å². The zero-order chi connectivity index (χ0) is 15.8. The highest BCUT2D eigenvalue weighted by Crippen LogP contribution is 2.28. The minimum atomic E-state index is -3.08. The lowest BCUT2D eigenvalue weighted by Gasteiger charge is -2.13. The molecule has 0 aliphatic heterocycles. The molecule has 116 valence electrons. The standard InChI is InChI=1S/C13H16F2N2O4/c1-16-6-5-11(18)17-9-4-3-8(12(19)20-2)7-10(9)21-13(14)15/h3-4,7,13,16H,5-6H2,1-2H3,(H,17,18). The fourth-order valence-corrected chi connectivity index (χ4v) is 1.52. The van der Waals surface area contributed by atoms with Crippen LogP contribution < -0.4 is 15.4 Å². The molecule has 0 saturated carbocycles. The summed E-state index contributed by atoms with van der Waals surface area (Å²) in [6.45, 7) is -2.64. The molecule has 1 rings (SSSR count). The van der Waals surface area contributed by atoms with E-state index >= 15 is 0 Å². The largest absolute Gasteiger partial charge is 0.465 e. The Morgan fingerprint density at radius 1 is 1.33 bits per heavy atom. The van der Waals surface area contributed by atoms with Crippen LogP contribution >= 0.6 is 0 Å². The molecular formula is C13H16F2N2O4. The summed E-state index contributed by atoms with van der Waals surface area (Å²) in [7, 11) is 2.85. The topological polar surface area (TPSA) is 76.7 Å². The van der Waals surface area contributed by atoms with E-state index in [1.807, 2.05) is 0 Å². The molecule has 0 radical (unpaired) electrons. The Kier molecular flexibility index (Phi) is 6.54. The van der Waals surface area contributed by atoms with Crippen molar-refractivity contribution in [1.29, 1.82) is 0 Å². The van der Waals surface area contributed by atoms with Crippen molar-refractivity contribution in [2.75, 3.05) is 26.0 Å². The molecule has 0 atom stereocenters. The van der Waals surface area contributed by atoms with Crippen molar-refractivity contribution in [3.63, 3.8) is 0 Å². The normalized spacial score (nSPS) is 10.3. The molecule has 21 heavy (non-hydrogen) atoms. The van der Waals surface area contributed by atoms with Crippen LogP contribution in [0.3, 0.4) is 0 Å². The lowest BCUT2D eigenvalue weighted by molar-refractivity contribution is -0.116. The number of alkyl halides is 2. The van der Waals surface area contributed by atoms with Gasteiger partial charge in [-0.15, -0.1) is 0 Å². The van der Waals surface area contributed by atoms with Gasteiger partial charge in [-0.2, -0.15) is 8.78 Å². The number of amides is 1. The van der Waals surface area contributed by atoms with Crippen LogP contribution in [0.5, 0.6) is 5.75 Å². The molecule has 6 nitrogen and oxygen atoms in total. The second kappa shape index (κ2) is 8.15. The zero-order valence-electron chi connectivity index (χ0n) is 11.6. The Morgan fingerprint density at radius 2 is 2.05 bits per heavy atom. The number of methoxy groups -OCH3 is 1. The van der Waals surface area contributed by atoms with Gasteiger partial charge in [0.2, 0.25) is 5.91 Å². The predicted molar refractivity (Wildman–Crippen MR) is 71.6 cm³/mol. The first kappa shape index (κ1) is 16.8. The average molecular weight is 302 g/mol. The summed E-state index contributed by atoms with van der Waals surface area (Å²) in [6.07, 6.45) is 0.170. The highest BCUT2D eigenvalue weighted by atomic mass is 19.3. The third-order valence-corrected chi connectivity index (χ3v) is 2.49. The lowest BCUT2D eigenvalue weighted by Crippen LogP contribution is -2.19. The maximum Gasteiger partial charge on any atom is 0.387 e. The smallest absolute Gasteiger partial charge is 0.387 e. The van der Waals surface area contributed by atoms with E-state index < -0.39 is 12.6 Å². The Morgan fingerprint density at radius 3 is 2.62 bits per heavy atom. The van der Waals surface area contributed by atoms with Crippen LogP contribution in [0.25, 0.3) is 0 Å². The molecule has 0 fully saturated rings. The number of ether oxygens (including phenoxy) is 2. The third kappa shape index (κ3) is 5.35. The summed E-state index contributed by atoms with van der Waals surface area (Å²) in [6, 6.07) is 3.74. The third-order valence-electron chi connectivity index (χ3n) is 2.49. The van der Waals surface area contributed by atoms with Gasteiger partial charge < -0.3 is 20.1 Å². The molecule has 0 aliphatic carbocycles. The first-order valence-electron chi connectivity index (χ1n) is 6.09. The van der Waals surface area contributed by atoms with Gasteiger partial charge in [0, 0.05) is 13.0 Å². The molecule has 1 amide bonds. The number of rotatable bonds is 7. The van der Waals surface area contributed by atoms with Gasteiger partial charge in [0.15, 0.2) is 0 Å². The number of nitrogens with one attached hydrogen (secondary N) is 2. The summed E-state index contributed by atoms with van der Waals surface area (Å²) in [5.74, 6) is -1.36. The average Bonchev–Trinajstić information content (AvgIpc) is 2.45. The molecule has 0 saturated heterocycles. The number of halogens is 2. The van der Waals surface area contributed by atoms with E-state index in [-0.39, 0.29) is 29.3 Å². The molecule has 1 aromatic rings. The number of esters is 1. The molecule has 0 bridgehead atoms. The van der Waals surface area contributed by atoms with Crippen LogP contribution in [0.1, 0.15) is 16.8 Å². The molecule has 8 heteroatoms. The van der Waals surface area contributed by atoms with E-state index in [4.69, 9.17) is 0 Å². The Balaban J connectivity index is 2.95. The fraction of sp³-hybridized carbons (Fsp3) is 0.385. The summed E-state index contributed by atoms with van der Waals surface area (Å²) in [5, 5.41) is 5.24. The van der Waals surface area contributed by atoms with Crippen molar-refractivity contribution in [3.8, 4) is 5.75 Å². The monoisotopic (exact) mass is 302 g/mol. The molecule has 0 unspecified atom stereocenters. The number of hydrogen-bond acceptors (Lipinski definition) is 5. The van der Waals surface area contributed by atoms with Crippen LogP contribution in [-0.2, 0) is 9.53 Å². The molecule has 0 spiro atoms. The quantitative estimate of drug-likeness (QED) is 0.749. The Hall–Kier alpha value is -2.22. The van der Waals surface area contributed by atoms with Gasteiger partial charge in [0.25, 0.3) is 0 Å². The fourth-order valence-electron chi connectivity index (χ4n) is 1.52. The SMILES string of the molecule is CNCCC(=O)Nc1ccc(C(=O)OC)cc1OC(F)F. The van der Waals surface area contributed by atoms with Gasteiger partial charge in [-0.25, -0.2) is 4.79 Å². The van der Waals surface area contributed by atoms with Crippen molar-refractivity contribution in [3.05, 3.63) is 23.8 Å². The highest BCUT2D eigenvalue weighted by molar-refractivity contribution is 5.95. The van der Waals surface area contributed by atoms with E-state index in [1.54, 1.807) is 7.05 Å². The van der Waals surface area contributed by atoms with Crippen LogP contribution in [-0.4, -0.2) is 39.2 Å². The number of anilines is 1. The van der Waals surface area contributed by atoms with Crippen LogP contribution in [0.2, 0.25) is 0 Å².